The van der Waals surface area contributed by atoms with Gasteiger partial charge in [-0.3, -0.25) is 0 Å². The molecule has 3 aromatic rings. The van der Waals surface area contributed by atoms with E-state index in [4.69, 9.17) is 4.74 Å². The molecule has 0 aliphatic rings. The second-order valence-electron chi connectivity index (χ2n) is 12.4. The van der Waals surface area contributed by atoms with Gasteiger partial charge in [0.2, 0.25) is 10.0 Å². The molecule has 0 saturated carbocycles. The fourth-order valence-electron chi connectivity index (χ4n) is 5.60. The van der Waals surface area contributed by atoms with Crippen molar-refractivity contribution in [2.75, 3.05) is 6.61 Å². The smallest absolute Gasteiger partial charge is 0.243 e. The molecule has 0 spiro atoms. The topological polar surface area (TPSA) is 50.5 Å². The molecule has 0 N–H and O–H groups in total. The Balaban J connectivity index is 0.00000705. The normalized spacial score (nSPS) is 11.5. The lowest BCUT2D eigenvalue weighted by molar-refractivity contribution is -0.680. The van der Waals surface area contributed by atoms with Gasteiger partial charge in [-0.15, -0.1) is 0 Å². The Labute approximate surface area is 291 Å². The van der Waals surface area contributed by atoms with E-state index in [1.807, 2.05) is 80.2 Å². The van der Waals surface area contributed by atoms with Crippen molar-refractivity contribution in [3.8, 4) is 5.75 Å². The number of aromatic nitrogens is 1. The lowest BCUT2D eigenvalue weighted by Crippen LogP contribution is -3.00. The molecule has 0 radical (unpaired) electrons. The summed E-state index contributed by atoms with van der Waals surface area (Å²) in [6.45, 7) is 7.56. The van der Waals surface area contributed by atoms with Gasteiger partial charge in [0, 0.05) is 18.7 Å². The maximum Gasteiger partial charge on any atom is 0.243 e. The van der Waals surface area contributed by atoms with Gasteiger partial charge in [0.05, 0.1) is 18.0 Å². The van der Waals surface area contributed by atoms with Gasteiger partial charge < -0.3 is 28.7 Å². The number of nitrogens with zero attached hydrogens (tertiary/aromatic N) is 2. The van der Waals surface area contributed by atoms with Crippen LogP contribution in [0.5, 0.6) is 5.75 Å². The molecule has 0 amide bonds. The van der Waals surface area contributed by atoms with Crippen molar-refractivity contribution in [1.82, 2.24) is 4.31 Å². The van der Waals surface area contributed by atoms with E-state index in [2.05, 4.69) is 6.92 Å². The quantitative estimate of drug-likeness (QED) is 0.0681. The van der Waals surface area contributed by atoms with Crippen LogP contribution >= 0.6 is 0 Å². The Morgan fingerprint density at radius 1 is 0.711 bits per heavy atom. The van der Waals surface area contributed by atoms with Gasteiger partial charge in [0.15, 0.2) is 11.9 Å². The third kappa shape index (κ3) is 14.1. The molecule has 5 nitrogen and oxygen atoms in total. The van der Waals surface area contributed by atoms with E-state index in [9.17, 15) is 8.42 Å². The van der Waals surface area contributed by atoms with Gasteiger partial charge in [-0.05, 0) is 55.7 Å². The minimum atomic E-state index is -3.71. The Hall–Kier alpha value is -1.97. The Morgan fingerprint density at radius 2 is 1.29 bits per heavy atom. The first-order valence-corrected chi connectivity index (χ1v) is 18.5. The highest BCUT2D eigenvalue weighted by atomic mass is 127. The number of unbranched alkanes of at least 4 members (excludes halogenated alkanes) is 13. The van der Waals surface area contributed by atoms with E-state index >= 15 is 0 Å². The van der Waals surface area contributed by atoms with Crippen molar-refractivity contribution in [3.63, 3.8) is 0 Å². The fraction of sp³-hybridized carbons (Fsp3) is 0.553. The second-order valence-corrected chi connectivity index (χ2v) is 14.4. The van der Waals surface area contributed by atoms with Crippen LogP contribution in [0, 0.1) is 13.8 Å². The molecule has 0 fully saturated rings. The predicted octanol–water partition coefficient (Wildman–Crippen LogP) is 6.38. The molecule has 0 unspecified atom stereocenters. The second kappa shape index (κ2) is 21.8. The van der Waals surface area contributed by atoms with E-state index in [0.717, 1.165) is 41.2 Å². The number of sulfonamides is 1. The zero-order valence-electron chi connectivity index (χ0n) is 28.3. The fourth-order valence-corrected chi connectivity index (χ4v) is 6.99. The largest absolute Gasteiger partial charge is 1.00 e. The van der Waals surface area contributed by atoms with Crippen LogP contribution in [0.2, 0.25) is 0 Å². The molecule has 0 saturated heterocycles. The van der Waals surface area contributed by atoms with Crippen molar-refractivity contribution in [2.45, 2.75) is 129 Å². The monoisotopic (exact) mass is 748 g/mol. The first kappa shape index (κ1) is 39.2. The van der Waals surface area contributed by atoms with Crippen LogP contribution in [0.1, 0.15) is 119 Å². The van der Waals surface area contributed by atoms with E-state index < -0.39 is 10.0 Å². The molecule has 0 aliphatic carbocycles. The van der Waals surface area contributed by atoms with Crippen molar-refractivity contribution in [1.29, 1.82) is 0 Å². The van der Waals surface area contributed by atoms with Crippen LogP contribution in [0.3, 0.4) is 0 Å². The van der Waals surface area contributed by atoms with Crippen LogP contribution in [0.25, 0.3) is 0 Å². The van der Waals surface area contributed by atoms with E-state index in [0.29, 0.717) is 4.90 Å². The molecule has 3 rings (SSSR count). The van der Waals surface area contributed by atoms with Gasteiger partial charge in [-0.2, -0.15) is 4.31 Å². The number of pyridine rings is 1. The first-order valence-electron chi connectivity index (χ1n) is 17.0. The summed E-state index contributed by atoms with van der Waals surface area (Å²) in [5.41, 5.74) is 3.97. The lowest BCUT2D eigenvalue weighted by Gasteiger charge is -2.22. The summed E-state index contributed by atoms with van der Waals surface area (Å²) in [6, 6.07) is 19.0. The zero-order valence-corrected chi connectivity index (χ0v) is 31.3. The van der Waals surface area contributed by atoms with Gasteiger partial charge in [-0.1, -0.05) is 120 Å². The molecule has 45 heavy (non-hydrogen) atoms. The van der Waals surface area contributed by atoms with Crippen molar-refractivity contribution in [2.24, 2.45) is 7.05 Å². The first-order chi connectivity index (χ1) is 21.3. The average molecular weight is 749 g/mol. The summed E-state index contributed by atoms with van der Waals surface area (Å²) in [5, 5.41) is 0. The molecule has 0 atom stereocenters. The number of halogens is 1. The Bertz CT molecular complexity index is 1350. The highest BCUT2D eigenvalue weighted by Crippen LogP contribution is 2.25. The van der Waals surface area contributed by atoms with Crippen LogP contribution in [0.4, 0.5) is 0 Å². The van der Waals surface area contributed by atoms with Gasteiger partial charge in [0.25, 0.3) is 0 Å². The summed E-state index contributed by atoms with van der Waals surface area (Å²) < 4.78 is 37.2. The summed E-state index contributed by atoms with van der Waals surface area (Å²) in [6.07, 6.45) is 20.8. The molecular formula is C38H57IN2O3S. The van der Waals surface area contributed by atoms with Crippen LogP contribution in [-0.4, -0.2) is 19.3 Å². The molecular weight excluding hydrogens is 691 g/mol. The Kier molecular flexibility index (Phi) is 19.0. The van der Waals surface area contributed by atoms with Crippen LogP contribution in [-0.2, 0) is 30.2 Å². The number of hydrogen-bond acceptors (Lipinski definition) is 3. The van der Waals surface area contributed by atoms with Crippen molar-refractivity contribution >= 4 is 10.0 Å². The Morgan fingerprint density at radius 3 is 1.84 bits per heavy atom. The van der Waals surface area contributed by atoms with Crippen LogP contribution in [0.15, 0.2) is 71.8 Å². The minimum Gasteiger partial charge on any atom is -1.00 e. The SMILES string of the molecule is CCCCCCCCCCCCCCCCOc1ccc(CN(Cc2cccc[n+]2C)S(=O)(=O)c2ccc(C)cc2)c(C)c1.[I-]. The van der Waals surface area contributed by atoms with Crippen molar-refractivity contribution < 1.29 is 41.7 Å². The van der Waals surface area contributed by atoms with E-state index in [1.165, 1.54) is 83.5 Å². The summed E-state index contributed by atoms with van der Waals surface area (Å²) >= 11 is 0. The molecule has 1 aromatic heterocycles. The van der Waals surface area contributed by atoms with Crippen molar-refractivity contribution in [3.05, 3.63) is 89.2 Å². The van der Waals surface area contributed by atoms with E-state index in [1.54, 1.807) is 16.4 Å². The molecule has 7 heteroatoms. The molecule has 0 aliphatic heterocycles. The van der Waals surface area contributed by atoms with E-state index in [-0.39, 0.29) is 37.1 Å². The number of hydrogen-bond donors (Lipinski definition) is 0. The molecule has 0 bridgehead atoms. The molecule has 1 heterocycles. The maximum absolute atomic E-state index is 13.8. The predicted molar refractivity (Wildman–Crippen MR) is 182 cm³/mol. The molecule has 2 aromatic carbocycles. The number of benzene rings is 2. The minimum absolute atomic E-state index is 0. The molecule has 250 valence electrons. The summed E-state index contributed by atoms with van der Waals surface area (Å²) in [5.74, 6) is 0.850. The average Bonchev–Trinajstić information content (AvgIpc) is 3.01. The summed E-state index contributed by atoms with van der Waals surface area (Å²) in [4.78, 5) is 0.312. The maximum atomic E-state index is 13.8. The lowest BCUT2D eigenvalue weighted by atomic mass is 10.0. The third-order valence-electron chi connectivity index (χ3n) is 8.59. The summed E-state index contributed by atoms with van der Waals surface area (Å²) in [7, 11) is -1.76. The highest BCUT2D eigenvalue weighted by molar-refractivity contribution is 7.89. The third-order valence-corrected chi connectivity index (χ3v) is 10.4. The number of ether oxygens (including phenoxy) is 1. The standard InChI is InChI=1S/C38H57N2O3S.HI/c1-5-6-7-8-9-10-11-12-13-14-15-16-17-20-29-43-37-25-24-35(34(3)30-37)31-40(32-36-21-18-19-28-39(36)4)44(41,42)38-26-22-33(2)23-27-38;/h18-19,21-28,30H,5-17,20,29,31-32H2,1-4H3;1H/q+1;/p-1. The van der Waals surface area contributed by atoms with Gasteiger partial charge in [0.1, 0.15) is 12.8 Å². The van der Waals surface area contributed by atoms with Gasteiger partial charge in [-0.25, -0.2) is 13.0 Å². The van der Waals surface area contributed by atoms with Gasteiger partial charge >= 0.3 is 0 Å². The van der Waals surface area contributed by atoms with Crippen LogP contribution < -0.4 is 33.3 Å². The number of aryl methyl sites for hydroxylation is 3. The zero-order chi connectivity index (χ0) is 31.6. The highest BCUT2D eigenvalue weighted by Gasteiger charge is 2.28. The number of rotatable bonds is 22.